The maximum atomic E-state index is 12.8. The van der Waals surface area contributed by atoms with Crippen molar-refractivity contribution < 1.29 is 8.42 Å². The zero-order valence-corrected chi connectivity index (χ0v) is 13.9. The van der Waals surface area contributed by atoms with Gasteiger partial charge in [0, 0.05) is 18.7 Å². The quantitative estimate of drug-likeness (QED) is 0.845. The number of nitrogens with two attached hydrogens (primary N) is 1. The normalized spacial score (nSPS) is 17.8. The minimum atomic E-state index is -3.51. The summed E-state index contributed by atoms with van der Waals surface area (Å²) in [5.41, 5.74) is 6.08. The summed E-state index contributed by atoms with van der Waals surface area (Å²) in [5, 5.41) is 0. The van der Waals surface area contributed by atoms with Gasteiger partial charge in [-0.05, 0) is 24.8 Å². The number of thiocarbonyl (C=S) groups is 1. The topological polar surface area (TPSA) is 63.4 Å². The summed E-state index contributed by atoms with van der Waals surface area (Å²) in [6.07, 6.45) is 4.20. The van der Waals surface area contributed by atoms with Crippen LogP contribution in [0.1, 0.15) is 38.2 Å². The first kappa shape index (κ1) is 16.4. The predicted molar refractivity (Wildman–Crippen MR) is 88.7 cm³/mol. The fourth-order valence-electron chi connectivity index (χ4n) is 2.88. The van der Waals surface area contributed by atoms with Crippen molar-refractivity contribution in [1.29, 1.82) is 0 Å². The van der Waals surface area contributed by atoms with Crippen molar-refractivity contribution in [3.8, 4) is 0 Å². The molecule has 0 radical (unpaired) electrons. The SMILES string of the molecule is CCCC1CCN(S(=O)(=O)c2ccccc2C(N)=S)CC1. The Morgan fingerprint density at radius 3 is 2.52 bits per heavy atom. The molecule has 21 heavy (non-hydrogen) atoms. The van der Waals surface area contributed by atoms with Gasteiger partial charge in [0.25, 0.3) is 0 Å². The van der Waals surface area contributed by atoms with Gasteiger partial charge >= 0.3 is 0 Å². The molecule has 0 aromatic heterocycles. The molecule has 1 aliphatic rings. The molecule has 1 heterocycles. The first-order valence-corrected chi connectivity index (χ1v) is 9.20. The van der Waals surface area contributed by atoms with Crippen molar-refractivity contribution in [3.05, 3.63) is 29.8 Å². The lowest BCUT2D eigenvalue weighted by Crippen LogP contribution is -2.39. The van der Waals surface area contributed by atoms with Gasteiger partial charge in [-0.15, -0.1) is 0 Å². The lowest BCUT2D eigenvalue weighted by atomic mass is 9.94. The molecule has 6 heteroatoms. The third-order valence-corrected chi connectivity index (χ3v) is 6.22. The van der Waals surface area contributed by atoms with Gasteiger partial charge in [-0.2, -0.15) is 4.31 Å². The van der Waals surface area contributed by atoms with Crippen LogP contribution in [-0.4, -0.2) is 30.8 Å². The number of hydrogen-bond acceptors (Lipinski definition) is 3. The van der Waals surface area contributed by atoms with Crippen molar-refractivity contribution in [2.75, 3.05) is 13.1 Å². The standard InChI is InChI=1S/C15H22N2O2S2/c1-2-5-12-8-10-17(11-9-12)21(18,19)14-7-4-3-6-13(14)15(16)20/h3-4,6-7,12H,2,5,8-11H2,1H3,(H2,16,20). The third-order valence-electron chi connectivity index (χ3n) is 4.04. The lowest BCUT2D eigenvalue weighted by molar-refractivity contribution is 0.262. The lowest BCUT2D eigenvalue weighted by Gasteiger charge is -2.31. The predicted octanol–water partition coefficient (Wildman–Crippen LogP) is 2.52. The van der Waals surface area contributed by atoms with Crippen molar-refractivity contribution in [1.82, 2.24) is 4.31 Å². The average molecular weight is 326 g/mol. The molecule has 2 N–H and O–H groups in total. The van der Waals surface area contributed by atoms with Gasteiger partial charge in [-0.3, -0.25) is 0 Å². The summed E-state index contributed by atoms with van der Waals surface area (Å²) in [6.45, 7) is 3.33. The smallest absolute Gasteiger partial charge is 0.243 e. The van der Waals surface area contributed by atoms with Gasteiger partial charge in [0.1, 0.15) is 4.99 Å². The highest BCUT2D eigenvalue weighted by molar-refractivity contribution is 7.89. The van der Waals surface area contributed by atoms with Crippen LogP contribution in [0.5, 0.6) is 0 Å². The fourth-order valence-corrected chi connectivity index (χ4v) is 4.80. The highest BCUT2D eigenvalue weighted by atomic mass is 32.2. The van der Waals surface area contributed by atoms with Crippen molar-refractivity contribution in [2.24, 2.45) is 11.7 Å². The van der Waals surface area contributed by atoms with E-state index in [1.54, 1.807) is 28.6 Å². The molecule has 0 saturated carbocycles. The van der Waals surface area contributed by atoms with Gasteiger partial charge in [0.2, 0.25) is 10.0 Å². The number of nitrogens with zero attached hydrogens (tertiary/aromatic N) is 1. The molecule has 1 saturated heterocycles. The average Bonchev–Trinajstić information content (AvgIpc) is 2.48. The third kappa shape index (κ3) is 3.62. The molecule has 0 spiro atoms. The van der Waals surface area contributed by atoms with E-state index in [2.05, 4.69) is 6.92 Å². The van der Waals surface area contributed by atoms with Crippen LogP contribution in [-0.2, 0) is 10.0 Å². The number of benzene rings is 1. The molecule has 1 aromatic rings. The molecule has 0 atom stereocenters. The molecule has 0 unspecified atom stereocenters. The van der Waals surface area contributed by atoms with Crippen molar-refractivity contribution in [3.63, 3.8) is 0 Å². The van der Waals surface area contributed by atoms with Crippen molar-refractivity contribution in [2.45, 2.75) is 37.5 Å². The number of sulfonamides is 1. The zero-order valence-electron chi connectivity index (χ0n) is 12.3. The summed E-state index contributed by atoms with van der Waals surface area (Å²) in [7, 11) is -3.51. The van der Waals surface area contributed by atoms with E-state index in [4.69, 9.17) is 18.0 Å². The first-order valence-electron chi connectivity index (χ1n) is 7.35. The second-order valence-corrected chi connectivity index (χ2v) is 7.84. The molecule has 2 rings (SSSR count). The van der Waals surface area contributed by atoms with Crippen LogP contribution in [0.25, 0.3) is 0 Å². The molecule has 4 nitrogen and oxygen atoms in total. The van der Waals surface area contributed by atoms with E-state index in [0.717, 1.165) is 19.3 Å². The molecule has 1 fully saturated rings. The Balaban J connectivity index is 2.22. The summed E-state index contributed by atoms with van der Waals surface area (Å²) in [5.74, 6) is 0.646. The summed E-state index contributed by atoms with van der Waals surface area (Å²) in [4.78, 5) is 0.349. The number of hydrogen-bond donors (Lipinski definition) is 1. The van der Waals surface area contributed by atoms with E-state index in [0.29, 0.717) is 24.6 Å². The number of piperidine rings is 1. The van der Waals surface area contributed by atoms with Crippen LogP contribution in [0.2, 0.25) is 0 Å². The second-order valence-electron chi connectivity index (χ2n) is 5.50. The van der Waals surface area contributed by atoms with E-state index >= 15 is 0 Å². The minimum Gasteiger partial charge on any atom is -0.389 e. The van der Waals surface area contributed by atoms with Crippen LogP contribution < -0.4 is 5.73 Å². The van der Waals surface area contributed by atoms with Crippen LogP contribution in [0, 0.1) is 5.92 Å². The second kappa shape index (κ2) is 6.85. The number of rotatable bonds is 5. The van der Waals surface area contributed by atoms with E-state index in [9.17, 15) is 8.42 Å². The Bertz CT molecular complexity index is 606. The summed E-state index contributed by atoms with van der Waals surface area (Å²) in [6, 6.07) is 6.71. The van der Waals surface area contributed by atoms with Crippen LogP contribution in [0.3, 0.4) is 0 Å². The maximum absolute atomic E-state index is 12.8. The fraction of sp³-hybridized carbons (Fsp3) is 0.533. The van der Waals surface area contributed by atoms with Gasteiger partial charge < -0.3 is 5.73 Å². The van der Waals surface area contributed by atoms with Crippen molar-refractivity contribution >= 4 is 27.2 Å². The van der Waals surface area contributed by atoms with Crippen LogP contribution in [0.4, 0.5) is 0 Å². The Kier molecular flexibility index (Phi) is 5.35. The summed E-state index contributed by atoms with van der Waals surface area (Å²) >= 11 is 4.97. The highest BCUT2D eigenvalue weighted by Crippen LogP contribution is 2.27. The highest BCUT2D eigenvalue weighted by Gasteiger charge is 2.30. The van der Waals surface area contributed by atoms with Crippen LogP contribution in [0.15, 0.2) is 29.2 Å². The Labute approximate surface area is 132 Å². The Morgan fingerprint density at radius 1 is 1.33 bits per heavy atom. The van der Waals surface area contributed by atoms with Gasteiger partial charge in [0.05, 0.1) is 4.90 Å². The molecule has 0 amide bonds. The molecular weight excluding hydrogens is 304 g/mol. The minimum absolute atomic E-state index is 0.120. The monoisotopic (exact) mass is 326 g/mol. The van der Waals surface area contributed by atoms with E-state index in [1.807, 2.05) is 0 Å². The first-order chi connectivity index (χ1) is 9.96. The largest absolute Gasteiger partial charge is 0.389 e. The Morgan fingerprint density at radius 2 is 1.95 bits per heavy atom. The summed E-state index contributed by atoms with van der Waals surface area (Å²) < 4.78 is 27.1. The molecule has 1 aromatic carbocycles. The van der Waals surface area contributed by atoms with Gasteiger partial charge in [-0.25, -0.2) is 8.42 Å². The molecule has 116 valence electrons. The van der Waals surface area contributed by atoms with Gasteiger partial charge in [0.15, 0.2) is 0 Å². The van der Waals surface area contributed by atoms with E-state index in [1.165, 1.54) is 6.42 Å². The van der Waals surface area contributed by atoms with E-state index < -0.39 is 10.0 Å². The molecule has 0 aliphatic carbocycles. The molecule has 1 aliphatic heterocycles. The maximum Gasteiger partial charge on any atom is 0.243 e. The molecule has 0 bridgehead atoms. The van der Waals surface area contributed by atoms with Gasteiger partial charge in [-0.1, -0.05) is 50.2 Å². The van der Waals surface area contributed by atoms with E-state index in [-0.39, 0.29) is 9.88 Å². The van der Waals surface area contributed by atoms with Crippen LogP contribution >= 0.6 is 12.2 Å². The molecular formula is C15H22N2O2S2. The zero-order chi connectivity index (χ0) is 15.5. The Hall–Kier alpha value is -0.980.